The highest BCUT2D eigenvalue weighted by molar-refractivity contribution is 9.10. The standard InChI is InChI=1S/C15H12Br2F2/c1-8-3-4-11(9(2)5-8)15(17)14-12(18)6-10(16)7-13(14)19/h3-7,15H,1-2H3. The van der Waals surface area contributed by atoms with E-state index in [0.717, 1.165) is 16.7 Å². The van der Waals surface area contributed by atoms with E-state index in [1.165, 1.54) is 12.1 Å². The molecule has 0 aliphatic carbocycles. The molecule has 2 aromatic carbocycles. The molecule has 0 heterocycles. The van der Waals surface area contributed by atoms with Gasteiger partial charge >= 0.3 is 0 Å². The van der Waals surface area contributed by atoms with Crippen molar-refractivity contribution in [3.05, 3.63) is 68.7 Å². The Morgan fingerprint density at radius 3 is 2.11 bits per heavy atom. The molecule has 0 aliphatic heterocycles. The SMILES string of the molecule is Cc1ccc(C(Br)c2c(F)cc(Br)cc2F)c(C)c1. The summed E-state index contributed by atoms with van der Waals surface area (Å²) in [6.45, 7) is 3.92. The first kappa shape index (κ1) is 14.7. The first-order valence-electron chi connectivity index (χ1n) is 5.76. The lowest BCUT2D eigenvalue weighted by molar-refractivity contribution is 0.559. The van der Waals surface area contributed by atoms with Gasteiger partial charge in [-0.2, -0.15) is 0 Å². The van der Waals surface area contributed by atoms with E-state index in [1.807, 2.05) is 32.0 Å². The lowest BCUT2D eigenvalue weighted by Gasteiger charge is -2.16. The fourth-order valence-electron chi connectivity index (χ4n) is 2.06. The van der Waals surface area contributed by atoms with E-state index in [2.05, 4.69) is 31.9 Å². The average molecular weight is 390 g/mol. The molecule has 0 aromatic heterocycles. The van der Waals surface area contributed by atoms with Crippen LogP contribution in [0.25, 0.3) is 0 Å². The van der Waals surface area contributed by atoms with E-state index >= 15 is 0 Å². The third kappa shape index (κ3) is 3.06. The summed E-state index contributed by atoms with van der Waals surface area (Å²) in [4.78, 5) is -0.499. The average Bonchev–Trinajstić information content (AvgIpc) is 2.26. The first-order valence-corrected chi connectivity index (χ1v) is 7.46. The summed E-state index contributed by atoms with van der Waals surface area (Å²) < 4.78 is 28.3. The fraction of sp³-hybridized carbons (Fsp3) is 0.200. The highest BCUT2D eigenvalue weighted by Crippen LogP contribution is 2.37. The van der Waals surface area contributed by atoms with Gasteiger partial charge in [0.2, 0.25) is 0 Å². The Balaban J connectivity index is 2.53. The van der Waals surface area contributed by atoms with Gasteiger partial charge in [0.15, 0.2) is 0 Å². The second kappa shape index (κ2) is 5.71. The Bertz CT molecular complexity index is 601. The van der Waals surface area contributed by atoms with Gasteiger partial charge in [0, 0.05) is 10.0 Å². The Labute approximate surface area is 128 Å². The molecule has 0 spiro atoms. The van der Waals surface area contributed by atoms with Crippen molar-refractivity contribution in [3.8, 4) is 0 Å². The van der Waals surface area contributed by atoms with Gasteiger partial charge in [-0.15, -0.1) is 0 Å². The van der Waals surface area contributed by atoms with Crippen molar-refractivity contribution in [1.29, 1.82) is 0 Å². The molecule has 19 heavy (non-hydrogen) atoms. The third-order valence-electron chi connectivity index (χ3n) is 3.00. The molecule has 0 amide bonds. The molecule has 0 saturated carbocycles. The zero-order valence-corrected chi connectivity index (χ0v) is 13.6. The van der Waals surface area contributed by atoms with Gasteiger partial charge in [0.05, 0.1) is 4.83 Å². The maximum Gasteiger partial charge on any atom is 0.131 e. The zero-order valence-electron chi connectivity index (χ0n) is 10.5. The number of rotatable bonds is 2. The van der Waals surface area contributed by atoms with Crippen LogP contribution in [0.4, 0.5) is 8.78 Å². The van der Waals surface area contributed by atoms with E-state index < -0.39 is 16.5 Å². The molecule has 4 heteroatoms. The number of alkyl halides is 1. The molecule has 0 nitrogen and oxygen atoms in total. The lowest BCUT2D eigenvalue weighted by atomic mass is 9.98. The van der Waals surface area contributed by atoms with Gasteiger partial charge in [-0.25, -0.2) is 8.78 Å². The van der Waals surface area contributed by atoms with Crippen LogP contribution in [0.15, 0.2) is 34.8 Å². The maximum absolute atomic E-state index is 14.0. The predicted octanol–water partition coefficient (Wildman–Crippen LogP) is 5.83. The number of benzene rings is 2. The van der Waals surface area contributed by atoms with Gasteiger partial charge in [0.25, 0.3) is 0 Å². The predicted molar refractivity (Wildman–Crippen MR) is 80.7 cm³/mol. The smallest absolute Gasteiger partial charge is 0.131 e. The van der Waals surface area contributed by atoms with Gasteiger partial charge in [-0.05, 0) is 37.1 Å². The summed E-state index contributed by atoms with van der Waals surface area (Å²) in [5, 5.41) is 0. The Kier molecular flexibility index (Phi) is 4.41. The van der Waals surface area contributed by atoms with Crippen LogP contribution in [0.1, 0.15) is 27.1 Å². The van der Waals surface area contributed by atoms with Crippen LogP contribution in [0.3, 0.4) is 0 Å². The van der Waals surface area contributed by atoms with Gasteiger partial charge in [-0.1, -0.05) is 55.6 Å². The molecule has 0 aliphatic rings. The first-order chi connectivity index (χ1) is 8.90. The summed E-state index contributed by atoms with van der Waals surface area (Å²) in [5.41, 5.74) is 3.03. The molecular weight excluding hydrogens is 378 g/mol. The van der Waals surface area contributed by atoms with Crippen LogP contribution >= 0.6 is 31.9 Å². The summed E-state index contributed by atoms with van der Waals surface area (Å²) in [7, 11) is 0. The molecule has 2 rings (SSSR count). The lowest BCUT2D eigenvalue weighted by Crippen LogP contribution is -2.03. The second-order valence-electron chi connectivity index (χ2n) is 4.51. The van der Waals surface area contributed by atoms with Gasteiger partial charge in [-0.3, -0.25) is 0 Å². The number of halogens is 4. The third-order valence-corrected chi connectivity index (χ3v) is 4.40. The Hall–Kier alpha value is -0.740. The highest BCUT2D eigenvalue weighted by atomic mass is 79.9. The van der Waals surface area contributed by atoms with Crippen LogP contribution in [0, 0.1) is 25.5 Å². The van der Waals surface area contributed by atoms with Crippen molar-refractivity contribution in [1.82, 2.24) is 0 Å². The molecule has 0 radical (unpaired) electrons. The minimum Gasteiger partial charge on any atom is -0.206 e. The van der Waals surface area contributed by atoms with Crippen LogP contribution in [0.2, 0.25) is 0 Å². The minimum absolute atomic E-state index is 0.0372. The molecule has 1 atom stereocenters. The largest absolute Gasteiger partial charge is 0.206 e. The van der Waals surface area contributed by atoms with E-state index in [4.69, 9.17) is 0 Å². The van der Waals surface area contributed by atoms with E-state index in [9.17, 15) is 8.78 Å². The minimum atomic E-state index is -0.561. The molecule has 1 unspecified atom stereocenters. The van der Waals surface area contributed by atoms with E-state index in [-0.39, 0.29) is 5.56 Å². The van der Waals surface area contributed by atoms with Crippen LogP contribution in [-0.4, -0.2) is 0 Å². The van der Waals surface area contributed by atoms with Crippen molar-refractivity contribution in [2.24, 2.45) is 0 Å². The number of hydrogen-bond donors (Lipinski definition) is 0. The fourth-order valence-corrected chi connectivity index (χ4v) is 3.41. The quantitative estimate of drug-likeness (QED) is 0.567. The van der Waals surface area contributed by atoms with Gasteiger partial charge in [0.1, 0.15) is 11.6 Å². The van der Waals surface area contributed by atoms with Crippen molar-refractivity contribution in [2.75, 3.05) is 0 Å². The zero-order chi connectivity index (χ0) is 14.2. The summed E-state index contributed by atoms with van der Waals surface area (Å²) in [5.74, 6) is -1.12. The number of hydrogen-bond acceptors (Lipinski definition) is 0. The highest BCUT2D eigenvalue weighted by Gasteiger charge is 2.21. The molecule has 100 valence electrons. The summed E-state index contributed by atoms with van der Waals surface area (Å²) in [6.07, 6.45) is 0. The maximum atomic E-state index is 14.0. The summed E-state index contributed by atoms with van der Waals surface area (Å²) in [6, 6.07) is 8.38. The normalized spacial score (nSPS) is 12.5. The Morgan fingerprint density at radius 2 is 1.58 bits per heavy atom. The van der Waals surface area contributed by atoms with Crippen LogP contribution in [-0.2, 0) is 0 Å². The Morgan fingerprint density at radius 1 is 1.00 bits per heavy atom. The molecule has 0 bridgehead atoms. The van der Waals surface area contributed by atoms with E-state index in [0.29, 0.717) is 4.47 Å². The van der Waals surface area contributed by atoms with Crippen molar-refractivity contribution >= 4 is 31.9 Å². The molecule has 2 aromatic rings. The van der Waals surface area contributed by atoms with Crippen LogP contribution < -0.4 is 0 Å². The second-order valence-corrected chi connectivity index (χ2v) is 6.34. The number of aryl methyl sites for hydroxylation is 2. The van der Waals surface area contributed by atoms with Crippen LogP contribution in [0.5, 0.6) is 0 Å². The van der Waals surface area contributed by atoms with Gasteiger partial charge < -0.3 is 0 Å². The molecule has 0 fully saturated rings. The molecular formula is C15H12Br2F2. The molecule has 0 saturated heterocycles. The van der Waals surface area contributed by atoms with Crippen molar-refractivity contribution in [2.45, 2.75) is 18.7 Å². The van der Waals surface area contributed by atoms with Crippen molar-refractivity contribution < 1.29 is 8.78 Å². The van der Waals surface area contributed by atoms with E-state index in [1.54, 1.807) is 0 Å². The topological polar surface area (TPSA) is 0 Å². The van der Waals surface area contributed by atoms with Crippen molar-refractivity contribution in [3.63, 3.8) is 0 Å². The summed E-state index contributed by atoms with van der Waals surface area (Å²) >= 11 is 6.48. The monoisotopic (exact) mass is 388 g/mol. The molecule has 0 N–H and O–H groups in total.